The summed E-state index contributed by atoms with van der Waals surface area (Å²) in [6.45, 7) is 1.95. The number of carboxylic acid groups (broad SMARTS) is 1. The number of hydrogen-bond acceptors (Lipinski definition) is 5. The number of unbranched alkanes of at least 4 members (excludes halogenated alkanes) is 2. The van der Waals surface area contributed by atoms with E-state index in [2.05, 4.69) is 5.32 Å². The third-order valence-electron chi connectivity index (χ3n) is 2.93. The minimum Gasteiger partial charge on any atom is -0.481 e. The largest absolute Gasteiger partial charge is 0.481 e. The standard InChI is InChI=1S/C15H22N2O6/c1-2-6-14(21)17(11-19)8-5-3-4-7-13(20)16-12(10-18)9-15(22)23/h2,6,10-12H,3-5,7-9H2,1H3,(H,16,20)(H,22,23)/b6-2-. The SMILES string of the molecule is C/C=C\C(=O)N(C=O)CCCCCC(=O)NC(C=O)CC(=O)O. The zero-order valence-electron chi connectivity index (χ0n) is 13.1. The average Bonchev–Trinajstić information content (AvgIpc) is 2.49. The van der Waals surface area contributed by atoms with E-state index in [1.54, 1.807) is 13.0 Å². The third kappa shape index (κ3) is 9.94. The van der Waals surface area contributed by atoms with Crippen molar-refractivity contribution in [1.29, 1.82) is 0 Å². The molecule has 0 bridgehead atoms. The van der Waals surface area contributed by atoms with Gasteiger partial charge in [-0.15, -0.1) is 0 Å². The molecule has 1 unspecified atom stereocenters. The molecule has 8 nitrogen and oxygen atoms in total. The lowest BCUT2D eigenvalue weighted by Gasteiger charge is -2.13. The molecule has 0 aliphatic heterocycles. The van der Waals surface area contributed by atoms with Gasteiger partial charge < -0.3 is 15.2 Å². The van der Waals surface area contributed by atoms with Crippen molar-refractivity contribution in [2.75, 3.05) is 6.54 Å². The van der Waals surface area contributed by atoms with Gasteiger partial charge in [-0.2, -0.15) is 0 Å². The van der Waals surface area contributed by atoms with Gasteiger partial charge in [0.2, 0.25) is 12.3 Å². The normalized spacial score (nSPS) is 11.7. The zero-order valence-corrected chi connectivity index (χ0v) is 13.1. The number of allylic oxidation sites excluding steroid dienone is 1. The predicted molar refractivity (Wildman–Crippen MR) is 81.3 cm³/mol. The van der Waals surface area contributed by atoms with Gasteiger partial charge in [0.25, 0.3) is 5.91 Å². The topological polar surface area (TPSA) is 121 Å². The molecule has 0 radical (unpaired) electrons. The second-order valence-corrected chi connectivity index (χ2v) is 4.86. The number of nitrogens with one attached hydrogen (secondary N) is 1. The number of hydrogen-bond donors (Lipinski definition) is 2. The zero-order chi connectivity index (χ0) is 17.7. The van der Waals surface area contributed by atoms with Crippen molar-refractivity contribution < 1.29 is 29.1 Å². The fourth-order valence-corrected chi connectivity index (χ4v) is 1.80. The molecule has 128 valence electrons. The maximum Gasteiger partial charge on any atom is 0.305 e. The van der Waals surface area contributed by atoms with E-state index in [1.165, 1.54) is 6.08 Å². The minimum absolute atomic E-state index is 0.147. The van der Waals surface area contributed by atoms with Crippen LogP contribution >= 0.6 is 0 Å². The Bertz CT molecular complexity index is 461. The summed E-state index contributed by atoms with van der Waals surface area (Å²) in [5, 5.41) is 10.9. The lowest BCUT2D eigenvalue weighted by Crippen LogP contribution is -2.37. The van der Waals surface area contributed by atoms with Crippen molar-refractivity contribution in [3.8, 4) is 0 Å². The van der Waals surface area contributed by atoms with Crippen LogP contribution in [0.4, 0.5) is 0 Å². The van der Waals surface area contributed by atoms with Gasteiger partial charge in [-0.1, -0.05) is 12.5 Å². The van der Waals surface area contributed by atoms with Gasteiger partial charge in [0.15, 0.2) is 0 Å². The first kappa shape index (κ1) is 20.5. The summed E-state index contributed by atoms with van der Waals surface area (Å²) in [5.74, 6) is -1.95. The van der Waals surface area contributed by atoms with E-state index in [-0.39, 0.29) is 18.9 Å². The molecule has 0 fully saturated rings. The summed E-state index contributed by atoms with van der Waals surface area (Å²) >= 11 is 0. The summed E-state index contributed by atoms with van der Waals surface area (Å²) in [7, 11) is 0. The van der Waals surface area contributed by atoms with Gasteiger partial charge in [0.1, 0.15) is 6.29 Å². The Balaban J connectivity index is 3.96. The van der Waals surface area contributed by atoms with Gasteiger partial charge in [0.05, 0.1) is 12.5 Å². The van der Waals surface area contributed by atoms with Crippen LogP contribution in [0.25, 0.3) is 0 Å². The molecule has 0 aliphatic carbocycles. The highest BCUT2D eigenvalue weighted by Gasteiger charge is 2.14. The van der Waals surface area contributed by atoms with Crippen molar-refractivity contribution in [3.63, 3.8) is 0 Å². The molecule has 0 aromatic rings. The molecule has 3 amide bonds. The Hall–Kier alpha value is -2.51. The van der Waals surface area contributed by atoms with Gasteiger partial charge in [-0.3, -0.25) is 24.1 Å². The van der Waals surface area contributed by atoms with E-state index in [1.807, 2.05) is 0 Å². The Labute approximate surface area is 134 Å². The van der Waals surface area contributed by atoms with E-state index in [0.29, 0.717) is 32.0 Å². The highest BCUT2D eigenvalue weighted by atomic mass is 16.4. The van der Waals surface area contributed by atoms with Crippen LogP contribution in [0.5, 0.6) is 0 Å². The van der Waals surface area contributed by atoms with E-state index in [0.717, 1.165) is 4.90 Å². The van der Waals surface area contributed by atoms with E-state index in [9.17, 15) is 24.0 Å². The number of rotatable bonds is 12. The fraction of sp³-hybridized carbons (Fsp3) is 0.533. The molecule has 0 saturated heterocycles. The number of amides is 3. The van der Waals surface area contributed by atoms with Gasteiger partial charge in [-0.25, -0.2) is 0 Å². The first-order chi connectivity index (χ1) is 10.9. The molecule has 23 heavy (non-hydrogen) atoms. The van der Waals surface area contributed by atoms with Crippen molar-refractivity contribution in [3.05, 3.63) is 12.2 Å². The molecular formula is C15H22N2O6. The molecule has 0 saturated carbocycles. The second kappa shape index (κ2) is 12.1. The van der Waals surface area contributed by atoms with E-state index in [4.69, 9.17) is 5.11 Å². The Morgan fingerprint density at radius 3 is 2.39 bits per heavy atom. The summed E-state index contributed by atoms with van der Waals surface area (Å²) in [6.07, 6.45) is 5.08. The summed E-state index contributed by atoms with van der Waals surface area (Å²) in [4.78, 5) is 55.9. The Kier molecular flexibility index (Phi) is 10.8. The molecule has 0 spiro atoms. The summed E-state index contributed by atoms with van der Waals surface area (Å²) < 4.78 is 0. The van der Waals surface area contributed by atoms with Crippen molar-refractivity contribution in [1.82, 2.24) is 10.2 Å². The molecule has 2 N–H and O–H groups in total. The number of aldehydes is 1. The first-order valence-electron chi connectivity index (χ1n) is 7.29. The summed E-state index contributed by atoms with van der Waals surface area (Å²) in [6, 6.07) is -1.02. The monoisotopic (exact) mass is 326 g/mol. The number of nitrogens with zero attached hydrogens (tertiary/aromatic N) is 1. The maximum absolute atomic E-state index is 11.5. The fourth-order valence-electron chi connectivity index (χ4n) is 1.80. The van der Waals surface area contributed by atoms with Crippen LogP contribution in [-0.4, -0.2) is 53.1 Å². The number of imide groups is 1. The molecule has 0 rings (SSSR count). The molecule has 0 aromatic carbocycles. The average molecular weight is 326 g/mol. The highest BCUT2D eigenvalue weighted by molar-refractivity contribution is 5.94. The Morgan fingerprint density at radius 2 is 1.87 bits per heavy atom. The molecule has 0 aromatic heterocycles. The van der Waals surface area contributed by atoms with E-state index < -0.39 is 24.3 Å². The van der Waals surface area contributed by atoms with Crippen molar-refractivity contribution in [2.24, 2.45) is 0 Å². The van der Waals surface area contributed by atoms with Crippen LogP contribution < -0.4 is 5.32 Å². The van der Waals surface area contributed by atoms with Crippen LogP contribution in [0.3, 0.4) is 0 Å². The van der Waals surface area contributed by atoms with Crippen molar-refractivity contribution >= 4 is 30.5 Å². The quantitative estimate of drug-likeness (QED) is 0.301. The lowest BCUT2D eigenvalue weighted by molar-refractivity contribution is -0.139. The number of carbonyl (C=O) groups excluding carboxylic acids is 4. The second-order valence-electron chi connectivity index (χ2n) is 4.86. The lowest BCUT2D eigenvalue weighted by atomic mass is 10.1. The van der Waals surface area contributed by atoms with Gasteiger partial charge in [-0.05, 0) is 25.8 Å². The molecule has 0 heterocycles. The first-order valence-corrected chi connectivity index (χ1v) is 7.29. The predicted octanol–water partition coefficient (Wildman–Crippen LogP) is 0.266. The van der Waals surface area contributed by atoms with Crippen LogP contribution in [0.1, 0.15) is 39.0 Å². The minimum atomic E-state index is -1.16. The maximum atomic E-state index is 11.5. The van der Waals surface area contributed by atoms with Crippen LogP contribution in [-0.2, 0) is 24.0 Å². The molecule has 1 atom stereocenters. The van der Waals surface area contributed by atoms with Crippen molar-refractivity contribution in [2.45, 2.75) is 45.1 Å². The number of carbonyl (C=O) groups is 5. The van der Waals surface area contributed by atoms with Crippen LogP contribution in [0.15, 0.2) is 12.2 Å². The number of carboxylic acids is 1. The third-order valence-corrected chi connectivity index (χ3v) is 2.93. The highest BCUT2D eigenvalue weighted by Crippen LogP contribution is 2.03. The molecule has 8 heteroatoms. The van der Waals surface area contributed by atoms with Gasteiger partial charge in [0, 0.05) is 13.0 Å². The van der Waals surface area contributed by atoms with Crippen LogP contribution in [0, 0.1) is 0 Å². The molecular weight excluding hydrogens is 304 g/mol. The Morgan fingerprint density at radius 1 is 1.17 bits per heavy atom. The van der Waals surface area contributed by atoms with E-state index >= 15 is 0 Å². The molecule has 0 aliphatic rings. The van der Waals surface area contributed by atoms with Crippen LogP contribution in [0.2, 0.25) is 0 Å². The van der Waals surface area contributed by atoms with Gasteiger partial charge >= 0.3 is 5.97 Å². The number of aliphatic carboxylic acids is 1. The summed E-state index contributed by atoms with van der Waals surface area (Å²) in [5.41, 5.74) is 0. The smallest absolute Gasteiger partial charge is 0.305 e.